The van der Waals surface area contributed by atoms with Crippen LogP contribution in [0, 0.1) is 5.92 Å². The first-order valence-corrected chi connectivity index (χ1v) is 9.81. The number of nitrogens with zero attached hydrogens (tertiary/aromatic N) is 2. The maximum absolute atomic E-state index is 13.3. The first kappa shape index (κ1) is 19.8. The Kier molecular flexibility index (Phi) is 5.03. The van der Waals surface area contributed by atoms with Crippen LogP contribution in [-0.4, -0.2) is 49.6 Å². The minimum Gasteiger partial charge on any atom is -0.389 e. The van der Waals surface area contributed by atoms with Crippen LogP contribution in [0.25, 0.3) is 0 Å². The van der Waals surface area contributed by atoms with E-state index in [-0.39, 0.29) is 17.7 Å². The van der Waals surface area contributed by atoms with Crippen LogP contribution in [0.5, 0.6) is 0 Å². The van der Waals surface area contributed by atoms with Gasteiger partial charge in [-0.3, -0.25) is 24.5 Å². The Morgan fingerprint density at radius 3 is 2.52 bits per heavy atom. The van der Waals surface area contributed by atoms with E-state index in [1.807, 2.05) is 0 Å². The summed E-state index contributed by atoms with van der Waals surface area (Å²) in [6, 6.07) is 6.73. The lowest BCUT2D eigenvalue weighted by molar-refractivity contribution is -0.0427. The quantitative estimate of drug-likeness (QED) is 0.526. The third kappa shape index (κ3) is 3.18. The number of Topliss-reactive ketones (excluding diaryl/α,β-unsaturated/α-hetero) is 1. The second kappa shape index (κ2) is 7.38. The molecule has 4 N–H and O–H groups in total. The maximum atomic E-state index is 13.3. The van der Waals surface area contributed by atoms with Crippen molar-refractivity contribution in [1.29, 1.82) is 0 Å². The summed E-state index contributed by atoms with van der Waals surface area (Å²) in [5.41, 5.74) is 3.15. The summed E-state index contributed by atoms with van der Waals surface area (Å²) in [4.78, 5) is 60.4. The van der Waals surface area contributed by atoms with E-state index < -0.39 is 55.8 Å². The van der Waals surface area contributed by atoms with Crippen molar-refractivity contribution < 1.29 is 28.8 Å². The fourth-order valence-corrected chi connectivity index (χ4v) is 3.91. The van der Waals surface area contributed by atoms with E-state index in [0.29, 0.717) is 4.57 Å². The van der Waals surface area contributed by atoms with Gasteiger partial charge < -0.3 is 19.3 Å². The summed E-state index contributed by atoms with van der Waals surface area (Å²) in [5, 5.41) is 10.7. The second-order valence-corrected chi connectivity index (χ2v) is 7.44. The van der Waals surface area contributed by atoms with E-state index in [1.165, 1.54) is 24.3 Å². The van der Waals surface area contributed by atoms with E-state index in [2.05, 4.69) is 0 Å². The number of benzene rings is 1. The van der Waals surface area contributed by atoms with E-state index in [4.69, 9.17) is 19.7 Å². The molecule has 3 heterocycles. The van der Waals surface area contributed by atoms with Crippen LogP contribution in [0.2, 0.25) is 0 Å². The van der Waals surface area contributed by atoms with Gasteiger partial charge in [0.15, 0.2) is 12.0 Å². The number of nitrogens with two attached hydrogens (primary N) is 1. The lowest BCUT2D eigenvalue weighted by Crippen LogP contribution is -2.44. The van der Waals surface area contributed by atoms with Crippen molar-refractivity contribution in [3.05, 3.63) is 68.5 Å². The van der Waals surface area contributed by atoms with Crippen LogP contribution in [0.15, 0.2) is 46.1 Å². The van der Waals surface area contributed by atoms with Crippen LogP contribution < -0.4 is 16.8 Å². The van der Waals surface area contributed by atoms with Gasteiger partial charge in [-0.25, -0.2) is 4.79 Å². The van der Waals surface area contributed by atoms with Crippen molar-refractivity contribution in [1.82, 2.24) is 9.13 Å². The van der Waals surface area contributed by atoms with Crippen molar-refractivity contribution in [2.75, 3.05) is 6.61 Å². The molecule has 0 aliphatic carbocycles. The van der Waals surface area contributed by atoms with Gasteiger partial charge in [-0.2, -0.15) is 4.57 Å². The summed E-state index contributed by atoms with van der Waals surface area (Å²) in [7, 11) is -2.22. The Bertz CT molecular complexity index is 1110. The highest BCUT2D eigenvalue weighted by Gasteiger charge is 2.50. The van der Waals surface area contributed by atoms with Gasteiger partial charge in [0, 0.05) is 17.8 Å². The minimum absolute atomic E-state index is 0.0469. The van der Waals surface area contributed by atoms with Gasteiger partial charge >= 0.3 is 5.69 Å². The number of ketones is 1. The monoisotopic (exact) mass is 421 g/mol. The summed E-state index contributed by atoms with van der Waals surface area (Å²) in [6.45, 7) is -0.324. The number of aliphatic hydroxyl groups is 1. The van der Waals surface area contributed by atoms with Crippen molar-refractivity contribution in [2.24, 2.45) is 11.4 Å². The standard InChI is InChI=1S/C17H16N3O8P/c18-29(26)27-7-10-14(23)12-13(22)8-3-1-2-4-9(8)15(24)20-11(21)5-6-19(17(20)25)16(12)28-10/h1-6,10,12,14,16,23,26H,7,18H2/t10-,12-,14-,16-,29?/m1/s1. The number of carbonyl (C=O) groups excluding carboxylic acids is 2. The van der Waals surface area contributed by atoms with Gasteiger partial charge in [0.05, 0.1) is 24.2 Å². The molecular weight excluding hydrogens is 405 g/mol. The highest BCUT2D eigenvalue weighted by atomic mass is 31.2. The zero-order chi connectivity index (χ0) is 20.9. The zero-order valence-electron chi connectivity index (χ0n) is 14.7. The summed E-state index contributed by atoms with van der Waals surface area (Å²) in [6.07, 6.45) is -2.69. The van der Waals surface area contributed by atoms with Gasteiger partial charge in [0.25, 0.3) is 11.5 Å². The molecule has 2 aliphatic heterocycles. The largest absolute Gasteiger partial charge is 0.389 e. The molecule has 0 spiro atoms. The van der Waals surface area contributed by atoms with Gasteiger partial charge in [0.1, 0.15) is 6.10 Å². The van der Waals surface area contributed by atoms with Crippen LogP contribution >= 0.6 is 8.53 Å². The molecule has 12 heteroatoms. The number of ether oxygens (including phenoxy) is 1. The molecule has 4 rings (SSSR count). The molecule has 1 fully saturated rings. The molecular formula is C17H16N3O8P. The smallest absolute Gasteiger partial charge is 0.340 e. The second-order valence-electron chi connectivity index (χ2n) is 6.57. The molecule has 1 aromatic heterocycles. The first-order chi connectivity index (χ1) is 13.8. The first-order valence-electron chi connectivity index (χ1n) is 8.53. The van der Waals surface area contributed by atoms with Gasteiger partial charge in [-0.1, -0.05) is 18.2 Å². The van der Waals surface area contributed by atoms with Gasteiger partial charge in [0.2, 0.25) is 8.53 Å². The van der Waals surface area contributed by atoms with Crippen molar-refractivity contribution in [2.45, 2.75) is 18.4 Å². The Morgan fingerprint density at radius 1 is 1.14 bits per heavy atom. The number of carbonyl (C=O) groups is 2. The normalized spacial score (nSPS) is 26.9. The van der Waals surface area contributed by atoms with Crippen molar-refractivity contribution >= 4 is 20.2 Å². The molecule has 2 bridgehead atoms. The number of rotatable bonds is 3. The molecule has 1 unspecified atom stereocenters. The molecule has 1 aromatic carbocycles. The molecule has 1 saturated heterocycles. The van der Waals surface area contributed by atoms with Gasteiger partial charge in [-0.15, -0.1) is 0 Å². The van der Waals surface area contributed by atoms with Crippen molar-refractivity contribution in [3.63, 3.8) is 0 Å². The molecule has 29 heavy (non-hydrogen) atoms. The Balaban J connectivity index is 1.93. The van der Waals surface area contributed by atoms with Gasteiger partial charge in [-0.05, 0) is 6.07 Å². The molecule has 5 atom stereocenters. The fourth-order valence-electron chi connectivity index (χ4n) is 3.61. The van der Waals surface area contributed by atoms with Crippen molar-refractivity contribution in [3.8, 4) is 0 Å². The molecule has 2 aliphatic rings. The molecule has 0 amide bonds. The fraction of sp³-hybridized carbons (Fsp3) is 0.294. The summed E-state index contributed by atoms with van der Waals surface area (Å²) < 4.78 is 11.9. The SMILES string of the molecule is NP(O)OC[C@H]1O[C@@H]2[C@H](C(=O)c3ccccc3C(=O)n3c(=O)ccn2c3=O)[C@@H]1O. The number of hydrogen-bond acceptors (Lipinski definition) is 9. The third-order valence-electron chi connectivity index (χ3n) is 4.95. The minimum atomic E-state index is -2.22. The van der Waals surface area contributed by atoms with E-state index in [0.717, 1.165) is 16.8 Å². The highest BCUT2D eigenvalue weighted by Crippen LogP contribution is 2.38. The highest BCUT2D eigenvalue weighted by molar-refractivity contribution is 7.43. The molecule has 11 nitrogen and oxygen atoms in total. The summed E-state index contributed by atoms with van der Waals surface area (Å²) >= 11 is 0. The maximum Gasteiger partial charge on any atom is 0.340 e. The molecule has 0 saturated carbocycles. The Hall–Kier alpha value is -2.53. The number of fused-ring (bicyclic) bond motifs is 5. The topological polar surface area (TPSA) is 163 Å². The van der Waals surface area contributed by atoms with Crippen LogP contribution in [0.4, 0.5) is 0 Å². The molecule has 2 aromatic rings. The number of aromatic nitrogens is 2. The molecule has 152 valence electrons. The molecule has 0 radical (unpaired) electrons. The van der Waals surface area contributed by atoms with Crippen LogP contribution in [0.3, 0.4) is 0 Å². The predicted octanol–water partition coefficient (Wildman–Crippen LogP) is -1.04. The Morgan fingerprint density at radius 2 is 1.83 bits per heavy atom. The zero-order valence-corrected chi connectivity index (χ0v) is 15.6. The summed E-state index contributed by atoms with van der Waals surface area (Å²) in [5.74, 6) is -2.83. The average Bonchev–Trinajstić information content (AvgIpc) is 3.01. The van der Waals surface area contributed by atoms with E-state index in [9.17, 15) is 24.3 Å². The predicted molar refractivity (Wildman–Crippen MR) is 98.1 cm³/mol. The average molecular weight is 421 g/mol. The van der Waals surface area contributed by atoms with Crippen LogP contribution in [0.1, 0.15) is 26.9 Å². The van der Waals surface area contributed by atoms with E-state index >= 15 is 0 Å². The Labute approximate surface area is 163 Å². The van der Waals surface area contributed by atoms with Crippen LogP contribution in [-0.2, 0) is 9.26 Å². The third-order valence-corrected chi connectivity index (χ3v) is 5.37. The lowest BCUT2D eigenvalue weighted by Gasteiger charge is -2.20. The number of hydrogen-bond donors (Lipinski definition) is 3. The lowest BCUT2D eigenvalue weighted by atomic mass is 9.88. The number of aliphatic hydroxyl groups excluding tert-OH is 1. The van der Waals surface area contributed by atoms with E-state index in [1.54, 1.807) is 0 Å².